The molecule has 1 aliphatic carbocycles. The van der Waals surface area contributed by atoms with E-state index >= 15 is 0 Å². The Morgan fingerprint density at radius 3 is 1.63 bits per heavy atom. The summed E-state index contributed by atoms with van der Waals surface area (Å²) < 4.78 is 94.4. The quantitative estimate of drug-likeness (QED) is 0.518. The normalized spacial score (nSPS) is 38.5. The minimum atomic E-state index is -5.72. The summed E-state index contributed by atoms with van der Waals surface area (Å²) in [6.45, 7) is 0.108. The Kier molecular flexibility index (Phi) is 3.12. The first-order valence-electron chi connectivity index (χ1n) is 6.09. The van der Waals surface area contributed by atoms with Gasteiger partial charge in [0.05, 0.1) is 0 Å². The molecule has 0 aromatic heterocycles. The van der Waals surface area contributed by atoms with Gasteiger partial charge in [0.2, 0.25) is 5.79 Å². The van der Waals surface area contributed by atoms with Crippen LogP contribution < -0.4 is 0 Å². The van der Waals surface area contributed by atoms with E-state index in [2.05, 4.69) is 0 Å². The van der Waals surface area contributed by atoms with Crippen LogP contribution in [-0.2, 0) is 0 Å². The van der Waals surface area contributed by atoms with E-state index in [4.69, 9.17) is 0 Å². The van der Waals surface area contributed by atoms with Crippen molar-refractivity contribution in [2.45, 2.75) is 68.8 Å². The number of rotatable bonds is 1. The van der Waals surface area contributed by atoms with Crippen LogP contribution in [0.15, 0.2) is 0 Å². The molecule has 0 N–H and O–H groups in total. The van der Waals surface area contributed by atoms with Gasteiger partial charge in [0, 0.05) is 6.04 Å². The Labute approximate surface area is 105 Å². The molecule has 1 saturated heterocycles. The molecule has 0 amide bonds. The summed E-state index contributed by atoms with van der Waals surface area (Å²) in [6, 6.07) is -6.49. The molecule has 1 heterocycles. The molecule has 112 valence electrons. The van der Waals surface area contributed by atoms with Crippen LogP contribution in [-0.4, -0.2) is 34.6 Å². The van der Waals surface area contributed by atoms with Gasteiger partial charge in [-0.2, -0.15) is 31.2 Å². The number of nitrogens with zero attached hydrogens (tertiary/aromatic N) is 1. The highest BCUT2D eigenvalue weighted by molar-refractivity contribution is 5.15. The Morgan fingerprint density at radius 1 is 0.789 bits per heavy atom. The van der Waals surface area contributed by atoms with Gasteiger partial charge in [-0.05, 0) is 19.8 Å². The molecule has 0 radical (unpaired) electrons. The van der Waals surface area contributed by atoms with Crippen LogP contribution in [0.5, 0.6) is 0 Å². The molecular formula is C11H14F7N. The van der Waals surface area contributed by atoms with E-state index in [0.717, 1.165) is 0 Å². The maximum Gasteiger partial charge on any atom is 0.391 e. The van der Waals surface area contributed by atoms with Crippen molar-refractivity contribution in [1.29, 1.82) is 0 Å². The molecule has 1 aliphatic heterocycles. The maximum atomic E-state index is 14.0. The lowest BCUT2D eigenvalue weighted by atomic mass is 9.93. The van der Waals surface area contributed by atoms with Gasteiger partial charge in [-0.15, -0.1) is 0 Å². The molecule has 2 aliphatic rings. The maximum absolute atomic E-state index is 14.0. The molecule has 1 saturated carbocycles. The second-order valence-corrected chi connectivity index (χ2v) is 5.31. The van der Waals surface area contributed by atoms with Gasteiger partial charge in [-0.3, -0.25) is 0 Å². The summed E-state index contributed by atoms with van der Waals surface area (Å²) in [7, 11) is 0. The van der Waals surface area contributed by atoms with Crippen molar-refractivity contribution in [2.24, 2.45) is 0 Å². The van der Waals surface area contributed by atoms with E-state index in [1.807, 2.05) is 0 Å². The average Bonchev–Trinajstić information content (AvgIpc) is 2.35. The van der Waals surface area contributed by atoms with Crippen LogP contribution in [0, 0.1) is 0 Å². The average molecular weight is 293 g/mol. The fourth-order valence-electron chi connectivity index (χ4n) is 2.95. The summed E-state index contributed by atoms with van der Waals surface area (Å²) in [6.07, 6.45) is 1.60. The van der Waals surface area contributed by atoms with Crippen LogP contribution in [0.1, 0.15) is 39.0 Å². The van der Waals surface area contributed by atoms with Crippen molar-refractivity contribution in [3.8, 4) is 0 Å². The van der Waals surface area contributed by atoms with E-state index in [1.165, 1.54) is 0 Å². The topological polar surface area (TPSA) is 3.24 Å². The highest BCUT2D eigenvalue weighted by Gasteiger charge is 2.90. The molecule has 0 aromatic rings. The monoisotopic (exact) mass is 293 g/mol. The number of halogens is 7. The number of alkyl halides is 7. The van der Waals surface area contributed by atoms with Gasteiger partial charge in [0.15, 0.2) is 0 Å². The molecule has 0 bridgehead atoms. The van der Waals surface area contributed by atoms with Crippen LogP contribution in [0.25, 0.3) is 0 Å². The standard InChI is InChI=1S/C11H14F7N/c1-8(12)9(13,14)10(15,16)11(17,18)19(8)7-5-3-2-4-6-7/h7H,2-6H2,1H3. The van der Waals surface area contributed by atoms with Crippen molar-refractivity contribution in [2.75, 3.05) is 0 Å². The van der Waals surface area contributed by atoms with Gasteiger partial charge in [0.25, 0.3) is 0 Å². The van der Waals surface area contributed by atoms with E-state index in [-0.39, 0.29) is 19.8 Å². The lowest BCUT2D eigenvalue weighted by Crippen LogP contribution is -2.56. The molecule has 1 nitrogen and oxygen atoms in total. The van der Waals surface area contributed by atoms with Gasteiger partial charge in [0.1, 0.15) is 0 Å². The fourth-order valence-corrected chi connectivity index (χ4v) is 2.95. The van der Waals surface area contributed by atoms with Gasteiger partial charge in [-0.1, -0.05) is 19.3 Å². The lowest BCUT2D eigenvalue weighted by Gasteiger charge is -2.39. The van der Waals surface area contributed by atoms with Crippen molar-refractivity contribution in [3.63, 3.8) is 0 Å². The SMILES string of the molecule is CC1(F)N(C2CCCCC2)C(F)(F)C(F)(F)C1(F)F. The van der Waals surface area contributed by atoms with Gasteiger partial charge in [-0.25, -0.2) is 4.39 Å². The zero-order chi connectivity index (χ0) is 14.7. The lowest BCUT2D eigenvalue weighted by molar-refractivity contribution is -0.298. The molecule has 19 heavy (non-hydrogen) atoms. The first kappa shape index (κ1) is 14.9. The van der Waals surface area contributed by atoms with E-state index in [0.29, 0.717) is 19.3 Å². The van der Waals surface area contributed by atoms with E-state index < -0.39 is 34.6 Å². The Morgan fingerprint density at radius 2 is 1.26 bits per heavy atom. The summed E-state index contributed by atoms with van der Waals surface area (Å²) >= 11 is 0. The first-order valence-corrected chi connectivity index (χ1v) is 6.09. The largest absolute Gasteiger partial charge is 0.391 e. The molecule has 1 unspecified atom stereocenters. The molecule has 1 atom stereocenters. The third-order valence-electron chi connectivity index (χ3n) is 4.04. The summed E-state index contributed by atoms with van der Waals surface area (Å²) in [5, 5.41) is 0. The first-order chi connectivity index (χ1) is 8.48. The zero-order valence-corrected chi connectivity index (χ0v) is 10.2. The summed E-state index contributed by atoms with van der Waals surface area (Å²) in [5.74, 6) is -15.2. The number of likely N-dealkylation sites (tertiary alicyclic amines) is 1. The van der Waals surface area contributed by atoms with Crippen molar-refractivity contribution in [1.82, 2.24) is 4.90 Å². The molecule has 0 aromatic carbocycles. The highest BCUT2D eigenvalue weighted by atomic mass is 19.4. The van der Waals surface area contributed by atoms with Crippen molar-refractivity contribution < 1.29 is 30.7 Å². The summed E-state index contributed by atoms with van der Waals surface area (Å²) in [4.78, 5) is -0.598. The van der Waals surface area contributed by atoms with Crippen molar-refractivity contribution in [3.05, 3.63) is 0 Å². The molecule has 2 fully saturated rings. The Hall–Kier alpha value is -0.530. The predicted octanol–water partition coefficient (Wildman–Crippen LogP) is 4.18. The van der Waals surface area contributed by atoms with Gasteiger partial charge < -0.3 is 0 Å². The van der Waals surface area contributed by atoms with Crippen LogP contribution in [0.3, 0.4) is 0 Å². The van der Waals surface area contributed by atoms with Crippen LogP contribution >= 0.6 is 0 Å². The van der Waals surface area contributed by atoms with Crippen LogP contribution in [0.2, 0.25) is 0 Å². The zero-order valence-electron chi connectivity index (χ0n) is 10.2. The van der Waals surface area contributed by atoms with E-state index in [9.17, 15) is 30.7 Å². The number of hydrogen-bond acceptors (Lipinski definition) is 1. The third kappa shape index (κ3) is 1.64. The second kappa shape index (κ2) is 3.99. The smallest absolute Gasteiger partial charge is 0.219 e. The second-order valence-electron chi connectivity index (χ2n) is 5.31. The van der Waals surface area contributed by atoms with Crippen molar-refractivity contribution >= 4 is 0 Å². The third-order valence-corrected chi connectivity index (χ3v) is 4.04. The number of hydrogen-bond donors (Lipinski definition) is 0. The summed E-state index contributed by atoms with van der Waals surface area (Å²) in [5.41, 5.74) is 0. The highest BCUT2D eigenvalue weighted by Crippen LogP contribution is 2.63. The van der Waals surface area contributed by atoms with Crippen LogP contribution in [0.4, 0.5) is 30.7 Å². The minimum Gasteiger partial charge on any atom is -0.219 e. The predicted molar refractivity (Wildman–Crippen MR) is 53.1 cm³/mol. The molecule has 2 rings (SSSR count). The molecule has 8 heteroatoms. The van der Waals surface area contributed by atoms with E-state index in [1.54, 1.807) is 0 Å². The fraction of sp³-hybridized carbons (Fsp3) is 1.00. The Bertz CT molecular complexity index is 334. The molecular weight excluding hydrogens is 279 g/mol. The molecule has 0 spiro atoms. The Balaban J connectivity index is 2.47. The minimum absolute atomic E-state index is 0.0151. The van der Waals surface area contributed by atoms with Gasteiger partial charge >= 0.3 is 17.9 Å².